The van der Waals surface area contributed by atoms with Gasteiger partial charge in [0.1, 0.15) is 5.76 Å². The fourth-order valence-corrected chi connectivity index (χ4v) is 3.75. The van der Waals surface area contributed by atoms with Gasteiger partial charge in [0.05, 0.1) is 18.4 Å². The molecule has 2 atom stereocenters. The Morgan fingerprint density at radius 2 is 2.22 bits per heavy atom. The van der Waals surface area contributed by atoms with Crippen LogP contribution in [-0.2, 0) is 6.54 Å². The highest BCUT2D eigenvalue weighted by atomic mass is 32.2. The summed E-state index contributed by atoms with van der Waals surface area (Å²) >= 11 is 2.00. The molecule has 18 heavy (non-hydrogen) atoms. The molecule has 1 amide bonds. The fourth-order valence-electron chi connectivity index (χ4n) is 2.36. The Bertz CT molecular complexity index is 411. The summed E-state index contributed by atoms with van der Waals surface area (Å²) in [6, 6.07) is 1.66. The molecule has 1 fully saturated rings. The smallest absolute Gasteiger partial charge is 0.268 e. The minimum Gasteiger partial charge on any atom is -0.467 e. The van der Waals surface area contributed by atoms with Crippen molar-refractivity contribution in [1.29, 1.82) is 0 Å². The molecule has 2 unspecified atom stereocenters. The van der Waals surface area contributed by atoms with Crippen molar-refractivity contribution in [2.45, 2.75) is 30.9 Å². The monoisotopic (exact) mass is 269 g/mol. The Balaban J connectivity index is 2.05. The topological polar surface area (TPSA) is 71.5 Å². The number of amides is 1. The number of nitrogens with zero attached hydrogens (tertiary/aromatic N) is 1. The summed E-state index contributed by atoms with van der Waals surface area (Å²) in [6.45, 7) is 7.13. The molecule has 0 bridgehead atoms. The third-order valence-corrected chi connectivity index (χ3v) is 4.21. The highest BCUT2D eigenvalue weighted by Crippen LogP contribution is 2.26. The zero-order chi connectivity index (χ0) is 13.1. The Morgan fingerprint density at radius 1 is 1.56 bits per heavy atom. The molecular weight excluding hydrogens is 250 g/mol. The van der Waals surface area contributed by atoms with Crippen molar-refractivity contribution >= 4 is 17.7 Å². The molecule has 100 valence electrons. The van der Waals surface area contributed by atoms with Crippen LogP contribution in [-0.4, -0.2) is 34.4 Å². The van der Waals surface area contributed by atoms with Crippen molar-refractivity contribution in [1.82, 2.24) is 10.3 Å². The van der Waals surface area contributed by atoms with Crippen LogP contribution in [0.5, 0.6) is 0 Å². The second kappa shape index (κ2) is 5.77. The summed E-state index contributed by atoms with van der Waals surface area (Å²) in [5.41, 5.74) is 2.67. The van der Waals surface area contributed by atoms with E-state index in [1.807, 2.05) is 11.8 Å². The number of rotatable bonds is 3. The minimum absolute atomic E-state index is 0.300. The molecule has 1 saturated heterocycles. The lowest BCUT2D eigenvalue weighted by Gasteiger charge is -2.34. The second-order valence-corrected chi connectivity index (χ2v) is 6.56. The van der Waals surface area contributed by atoms with Gasteiger partial charge in [0, 0.05) is 23.6 Å². The Morgan fingerprint density at radius 3 is 2.83 bits per heavy atom. The molecule has 2 heterocycles. The highest BCUT2D eigenvalue weighted by molar-refractivity contribution is 8.00. The van der Waals surface area contributed by atoms with Crippen LogP contribution >= 0.6 is 11.8 Å². The number of carbonyl (C=O) groups is 1. The average Bonchev–Trinajstić information content (AvgIpc) is 2.74. The van der Waals surface area contributed by atoms with Crippen molar-refractivity contribution in [2.24, 2.45) is 5.84 Å². The van der Waals surface area contributed by atoms with E-state index < -0.39 is 0 Å². The number of nitrogen functional groups attached to an aromatic ring is 1. The van der Waals surface area contributed by atoms with E-state index in [9.17, 15) is 4.79 Å². The fraction of sp³-hybridized carbons (Fsp3) is 0.583. The van der Waals surface area contributed by atoms with E-state index in [1.54, 1.807) is 6.07 Å². The van der Waals surface area contributed by atoms with Crippen LogP contribution in [0.2, 0.25) is 0 Å². The van der Waals surface area contributed by atoms with Gasteiger partial charge < -0.3 is 4.42 Å². The first-order valence-electron chi connectivity index (χ1n) is 6.05. The Kier molecular flexibility index (Phi) is 4.31. The van der Waals surface area contributed by atoms with Crippen LogP contribution < -0.4 is 11.3 Å². The van der Waals surface area contributed by atoms with Gasteiger partial charge >= 0.3 is 0 Å². The molecule has 3 N–H and O–H groups in total. The molecule has 0 aromatic carbocycles. The molecule has 1 aliphatic heterocycles. The third-order valence-electron chi connectivity index (χ3n) is 2.98. The quantitative estimate of drug-likeness (QED) is 0.490. The summed E-state index contributed by atoms with van der Waals surface area (Å²) in [6.07, 6.45) is 1.53. The van der Waals surface area contributed by atoms with E-state index in [4.69, 9.17) is 10.3 Å². The molecule has 0 spiro atoms. The Hall–Kier alpha value is -0.980. The molecule has 0 saturated carbocycles. The van der Waals surface area contributed by atoms with Crippen molar-refractivity contribution in [3.63, 3.8) is 0 Å². The lowest BCUT2D eigenvalue weighted by atomic mass is 10.2. The van der Waals surface area contributed by atoms with E-state index in [-0.39, 0.29) is 5.91 Å². The molecule has 0 radical (unpaired) electrons. The van der Waals surface area contributed by atoms with Gasteiger partial charge in [-0.05, 0) is 6.07 Å². The number of carbonyl (C=O) groups excluding carboxylic acids is 1. The van der Waals surface area contributed by atoms with Crippen LogP contribution in [0.4, 0.5) is 0 Å². The lowest BCUT2D eigenvalue weighted by Crippen LogP contribution is -2.40. The predicted molar refractivity (Wildman–Crippen MR) is 72.2 cm³/mol. The van der Waals surface area contributed by atoms with Crippen molar-refractivity contribution in [2.75, 3.05) is 13.1 Å². The molecule has 2 rings (SSSR count). The molecule has 0 aliphatic carbocycles. The standard InChI is InChI=1S/C12H19N3O2S/c1-8-5-15(6-9(2)18-8)7-11-10(3-4-17-11)12(16)14-13/h3-4,8-9H,5-7,13H2,1-2H3,(H,14,16). The lowest BCUT2D eigenvalue weighted by molar-refractivity contribution is 0.0949. The molecule has 6 heteroatoms. The summed E-state index contributed by atoms with van der Waals surface area (Å²) < 4.78 is 5.40. The van der Waals surface area contributed by atoms with E-state index in [0.717, 1.165) is 13.1 Å². The number of thioether (sulfide) groups is 1. The normalized spacial score (nSPS) is 25.1. The molecule has 5 nitrogen and oxygen atoms in total. The van der Waals surface area contributed by atoms with Gasteiger partial charge in [0.25, 0.3) is 5.91 Å². The minimum atomic E-state index is -0.300. The first kappa shape index (κ1) is 13.5. The highest BCUT2D eigenvalue weighted by Gasteiger charge is 2.24. The predicted octanol–water partition coefficient (Wildman–Crippen LogP) is 1.21. The number of hydrogen-bond donors (Lipinski definition) is 2. The largest absolute Gasteiger partial charge is 0.467 e. The number of hydrazine groups is 1. The van der Waals surface area contributed by atoms with E-state index in [2.05, 4.69) is 24.2 Å². The molecule has 1 aliphatic rings. The van der Waals surface area contributed by atoms with Gasteiger partial charge in [0.15, 0.2) is 0 Å². The van der Waals surface area contributed by atoms with Crippen LogP contribution in [0.3, 0.4) is 0 Å². The van der Waals surface area contributed by atoms with Crippen LogP contribution in [0.15, 0.2) is 16.7 Å². The molecule has 1 aromatic heterocycles. The van der Waals surface area contributed by atoms with Crippen molar-refractivity contribution in [3.05, 3.63) is 23.7 Å². The summed E-state index contributed by atoms with van der Waals surface area (Å²) in [5, 5.41) is 1.21. The average molecular weight is 269 g/mol. The van der Waals surface area contributed by atoms with Crippen molar-refractivity contribution < 1.29 is 9.21 Å². The van der Waals surface area contributed by atoms with Crippen LogP contribution in [0.1, 0.15) is 30.0 Å². The van der Waals surface area contributed by atoms with E-state index >= 15 is 0 Å². The Labute approximate surface area is 111 Å². The maximum absolute atomic E-state index is 11.5. The maximum Gasteiger partial charge on any atom is 0.268 e. The van der Waals surface area contributed by atoms with Crippen LogP contribution in [0, 0.1) is 0 Å². The second-order valence-electron chi connectivity index (χ2n) is 4.68. The van der Waals surface area contributed by atoms with E-state index in [0.29, 0.717) is 28.4 Å². The number of hydrogen-bond acceptors (Lipinski definition) is 5. The number of nitrogens with one attached hydrogen (secondary N) is 1. The third kappa shape index (κ3) is 3.07. The van der Waals surface area contributed by atoms with Gasteiger partial charge in [-0.2, -0.15) is 11.8 Å². The number of nitrogens with two attached hydrogens (primary N) is 1. The van der Waals surface area contributed by atoms with Gasteiger partial charge in [-0.3, -0.25) is 15.1 Å². The molecular formula is C12H19N3O2S. The molecule has 1 aromatic rings. The van der Waals surface area contributed by atoms with Gasteiger partial charge in [-0.15, -0.1) is 0 Å². The summed E-state index contributed by atoms with van der Waals surface area (Å²) in [5.74, 6) is 5.54. The summed E-state index contributed by atoms with van der Waals surface area (Å²) in [7, 11) is 0. The van der Waals surface area contributed by atoms with Crippen molar-refractivity contribution in [3.8, 4) is 0 Å². The van der Waals surface area contributed by atoms with E-state index in [1.165, 1.54) is 6.26 Å². The van der Waals surface area contributed by atoms with Gasteiger partial charge in [0.2, 0.25) is 0 Å². The zero-order valence-electron chi connectivity index (χ0n) is 10.7. The van der Waals surface area contributed by atoms with Gasteiger partial charge in [-0.25, -0.2) is 5.84 Å². The van der Waals surface area contributed by atoms with Gasteiger partial charge in [-0.1, -0.05) is 13.8 Å². The zero-order valence-corrected chi connectivity index (χ0v) is 11.5. The maximum atomic E-state index is 11.5. The number of furan rings is 1. The van der Waals surface area contributed by atoms with Crippen LogP contribution in [0.25, 0.3) is 0 Å². The summed E-state index contributed by atoms with van der Waals surface area (Å²) in [4.78, 5) is 13.9. The first-order chi connectivity index (χ1) is 8.60. The first-order valence-corrected chi connectivity index (χ1v) is 6.99. The SMILES string of the molecule is CC1CN(Cc2occc2C(=O)NN)CC(C)S1.